The van der Waals surface area contributed by atoms with E-state index in [-0.39, 0.29) is 24.6 Å². The van der Waals surface area contributed by atoms with Crippen molar-refractivity contribution in [2.75, 3.05) is 58.4 Å². The molecule has 4 fully saturated rings. The number of carboxylic acids is 1. The molecule has 3 aliphatic heterocycles. The van der Waals surface area contributed by atoms with Gasteiger partial charge in [-0.05, 0) is 92.7 Å². The number of carbonyl (C=O) groups is 2. The maximum atomic E-state index is 17.5. The maximum absolute atomic E-state index is 17.5. The lowest BCUT2D eigenvalue weighted by molar-refractivity contribution is -0.145. The van der Waals surface area contributed by atoms with Gasteiger partial charge < -0.3 is 24.4 Å². The molecule has 2 aromatic carbocycles. The molecule has 0 spiro atoms. The predicted octanol–water partition coefficient (Wildman–Crippen LogP) is 6.49. The number of carbonyl (C=O) groups excluding carboxylic acids is 1. The number of nitrogens with zero attached hydrogens (tertiary/aromatic N) is 3. The first-order valence-corrected chi connectivity index (χ1v) is 17.5. The highest BCUT2D eigenvalue weighted by atomic mass is 19.4. The van der Waals surface area contributed by atoms with E-state index in [2.05, 4.69) is 4.90 Å². The molecule has 3 heterocycles. The second-order valence-electron chi connectivity index (χ2n) is 14.2. The van der Waals surface area contributed by atoms with Crippen LogP contribution in [0.25, 0.3) is 0 Å². The van der Waals surface area contributed by atoms with E-state index in [0.29, 0.717) is 69.8 Å². The minimum atomic E-state index is -4.52. The van der Waals surface area contributed by atoms with Gasteiger partial charge in [0, 0.05) is 64.0 Å². The Balaban J connectivity index is 1.19. The number of methoxy groups -OCH3 is 2. The third kappa shape index (κ3) is 7.41. The number of likely N-dealkylation sites (tertiary alicyclic amines) is 2. The number of piperidine rings is 2. The summed E-state index contributed by atoms with van der Waals surface area (Å²) in [5.41, 5.74) is -0.892. The van der Waals surface area contributed by atoms with Crippen LogP contribution >= 0.6 is 0 Å². The molecule has 1 N–H and O–H groups in total. The summed E-state index contributed by atoms with van der Waals surface area (Å²) < 4.78 is 69.7. The standard InChI is InChI=1S/C37H47F4N3O5/c1-48-29-8-3-25(4-9-29)32-22-44(28-6-10-30(49-2)11-7-28)23-36(32,38)35(47)43-19-13-24(14-20-43)31-12-5-27(37(39,40)41)21-33(31)42-17-15-26(16-18-42)34(45)46/h3-5,8-9,12,21,24,26,28,30,32H,6-7,10-11,13-20,22-23H2,1-2H3,(H,45,46)/t28?,30?,32-,36-/m0/s1. The Morgan fingerprint density at radius 3 is 2.10 bits per heavy atom. The second kappa shape index (κ2) is 14.5. The van der Waals surface area contributed by atoms with Crippen LogP contribution in [0.2, 0.25) is 0 Å². The van der Waals surface area contributed by atoms with Crippen molar-refractivity contribution < 1.29 is 41.7 Å². The molecule has 0 bridgehead atoms. The fourth-order valence-corrected chi connectivity index (χ4v) is 8.56. The first-order valence-electron chi connectivity index (χ1n) is 17.5. The maximum Gasteiger partial charge on any atom is 0.416 e. The van der Waals surface area contributed by atoms with E-state index >= 15 is 4.39 Å². The Labute approximate surface area is 285 Å². The summed E-state index contributed by atoms with van der Waals surface area (Å²) in [6.07, 6.45) is 0.942. The molecular formula is C37H47F4N3O5. The lowest BCUT2D eigenvalue weighted by Gasteiger charge is -2.39. The number of hydrogen-bond acceptors (Lipinski definition) is 6. The van der Waals surface area contributed by atoms with E-state index in [9.17, 15) is 27.9 Å². The van der Waals surface area contributed by atoms with Crippen molar-refractivity contribution in [1.82, 2.24) is 9.80 Å². The smallest absolute Gasteiger partial charge is 0.416 e. The molecule has 0 unspecified atom stereocenters. The molecular weight excluding hydrogens is 642 g/mol. The van der Waals surface area contributed by atoms with Gasteiger partial charge in [0.25, 0.3) is 5.91 Å². The number of anilines is 1. The van der Waals surface area contributed by atoms with Crippen LogP contribution in [0.4, 0.5) is 23.2 Å². The summed E-state index contributed by atoms with van der Waals surface area (Å²) in [4.78, 5) is 31.4. The largest absolute Gasteiger partial charge is 0.497 e. The summed E-state index contributed by atoms with van der Waals surface area (Å²) in [7, 11) is 3.29. The van der Waals surface area contributed by atoms with Gasteiger partial charge in [-0.2, -0.15) is 13.2 Å². The zero-order valence-corrected chi connectivity index (χ0v) is 28.3. The molecule has 8 nitrogen and oxygen atoms in total. The molecule has 1 aliphatic carbocycles. The van der Waals surface area contributed by atoms with Gasteiger partial charge in [-0.1, -0.05) is 18.2 Å². The van der Waals surface area contributed by atoms with E-state index in [4.69, 9.17) is 9.47 Å². The third-order valence-electron chi connectivity index (χ3n) is 11.5. The zero-order valence-electron chi connectivity index (χ0n) is 28.3. The summed E-state index contributed by atoms with van der Waals surface area (Å²) >= 11 is 0. The van der Waals surface area contributed by atoms with Gasteiger partial charge in [-0.15, -0.1) is 0 Å². The Hall–Kier alpha value is -3.38. The lowest BCUT2D eigenvalue weighted by atomic mass is 9.83. The fraction of sp³-hybridized carbons (Fsp3) is 0.622. The second-order valence-corrected chi connectivity index (χ2v) is 14.2. The van der Waals surface area contributed by atoms with Crippen molar-refractivity contribution in [2.45, 2.75) is 87.2 Å². The summed E-state index contributed by atoms with van der Waals surface area (Å²) in [6, 6.07) is 11.3. The van der Waals surface area contributed by atoms with Crippen molar-refractivity contribution in [3.05, 3.63) is 59.2 Å². The average molecular weight is 690 g/mol. The molecule has 2 atom stereocenters. The number of hydrogen-bond donors (Lipinski definition) is 1. The normalized spacial score (nSPS) is 27.8. The number of rotatable bonds is 8. The van der Waals surface area contributed by atoms with E-state index in [1.807, 2.05) is 17.0 Å². The van der Waals surface area contributed by atoms with Crippen LogP contribution in [-0.2, 0) is 20.5 Å². The third-order valence-corrected chi connectivity index (χ3v) is 11.5. The molecule has 49 heavy (non-hydrogen) atoms. The SMILES string of the molecule is COc1ccc([C@@H]2CN(C3CCC(OC)CC3)C[C@@]2(F)C(=O)N2CCC(c3ccc(C(F)(F)F)cc3N3CCC(C(=O)O)CC3)CC2)cc1. The molecule has 12 heteroatoms. The van der Waals surface area contributed by atoms with Crippen LogP contribution in [0.3, 0.4) is 0 Å². The van der Waals surface area contributed by atoms with E-state index in [1.54, 1.807) is 31.3 Å². The highest BCUT2D eigenvalue weighted by Gasteiger charge is 2.56. The fourth-order valence-electron chi connectivity index (χ4n) is 8.56. The van der Waals surface area contributed by atoms with Crippen LogP contribution < -0.4 is 9.64 Å². The van der Waals surface area contributed by atoms with Gasteiger partial charge in [0.05, 0.1) is 24.7 Å². The zero-order chi connectivity index (χ0) is 34.9. The van der Waals surface area contributed by atoms with Crippen LogP contribution in [0, 0.1) is 5.92 Å². The Morgan fingerprint density at radius 2 is 1.53 bits per heavy atom. The van der Waals surface area contributed by atoms with Crippen molar-refractivity contribution in [2.24, 2.45) is 5.92 Å². The van der Waals surface area contributed by atoms with Gasteiger partial charge in [0.2, 0.25) is 5.67 Å². The van der Waals surface area contributed by atoms with Gasteiger partial charge in [-0.3, -0.25) is 14.5 Å². The lowest BCUT2D eigenvalue weighted by Crippen LogP contribution is -2.53. The molecule has 0 aromatic heterocycles. The molecule has 6 rings (SSSR count). The predicted molar refractivity (Wildman–Crippen MR) is 177 cm³/mol. The van der Waals surface area contributed by atoms with Crippen LogP contribution in [-0.4, -0.2) is 98.1 Å². The Kier molecular flexibility index (Phi) is 10.5. The Bertz CT molecular complexity index is 1470. The number of ether oxygens (including phenoxy) is 2. The first-order chi connectivity index (χ1) is 23.4. The highest BCUT2D eigenvalue weighted by molar-refractivity contribution is 5.87. The van der Waals surface area contributed by atoms with Gasteiger partial charge in [-0.25, -0.2) is 4.39 Å². The Morgan fingerprint density at radius 1 is 0.878 bits per heavy atom. The quantitative estimate of drug-likeness (QED) is 0.318. The summed E-state index contributed by atoms with van der Waals surface area (Å²) in [5, 5.41) is 9.43. The first kappa shape index (κ1) is 35.4. The number of amides is 1. The molecule has 268 valence electrons. The summed E-state index contributed by atoms with van der Waals surface area (Å²) in [6.45, 7) is 1.74. The van der Waals surface area contributed by atoms with Crippen molar-refractivity contribution in [3.8, 4) is 5.75 Å². The number of benzene rings is 2. The minimum Gasteiger partial charge on any atom is -0.497 e. The number of alkyl halides is 4. The van der Waals surface area contributed by atoms with Gasteiger partial charge in [0.1, 0.15) is 5.75 Å². The van der Waals surface area contributed by atoms with Gasteiger partial charge in [0.15, 0.2) is 0 Å². The highest BCUT2D eigenvalue weighted by Crippen LogP contribution is 2.45. The molecule has 3 saturated heterocycles. The van der Waals surface area contributed by atoms with Crippen molar-refractivity contribution >= 4 is 17.6 Å². The number of aliphatic carboxylic acids is 1. The molecule has 0 radical (unpaired) electrons. The van der Waals surface area contributed by atoms with Crippen molar-refractivity contribution in [3.63, 3.8) is 0 Å². The van der Waals surface area contributed by atoms with Crippen LogP contribution in [0.1, 0.15) is 79.9 Å². The molecule has 4 aliphatic rings. The van der Waals surface area contributed by atoms with Crippen LogP contribution in [0.15, 0.2) is 42.5 Å². The average Bonchev–Trinajstić information content (AvgIpc) is 3.49. The van der Waals surface area contributed by atoms with Gasteiger partial charge >= 0.3 is 12.1 Å². The van der Waals surface area contributed by atoms with E-state index in [1.165, 1.54) is 12.1 Å². The molecule has 1 saturated carbocycles. The van der Waals surface area contributed by atoms with Crippen LogP contribution in [0.5, 0.6) is 5.75 Å². The molecule has 2 aromatic rings. The minimum absolute atomic E-state index is 0.0140. The number of carboxylic acid groups (broad SMARTS) is 1. The molecule has 1 amide bonds. The van der Waals surface area contributed by atoms with E-state index in [0.717, 1.165) is 42.9 Å². The summed E-state index contributed by atoms with van der Waals surface area (Å²) in [5.74, 6) is -2.04. The number of halogens is 4. The monoisotopic (exact) mass is 689 g/mol. The topological polar surface area (TPSA) is 82.6 Å². The van der Waals surface area contributed by atoms with E-state index < -0.39 is 41.1 Å². The van der Waals surface area contributed by atoms with Crippen molar-refractivity contribution in [1.29, 1.82) is 0 Å².